The van der Waals surface area contributed by atoms with Crippen LogP contribution in [0.25, 0.3) is 10.9 Å². The van der Waals surface area contributed by atoms with Gasteiger partial charge in [-0.15, -0.1) is 0 Å². The zero-order valence-electron chi connectivity index (χ0n) is 37.7. The molecule has 1 aromatic heterocycles. The number of halogens is 2. The average molecular weight is 947 g/mol. The van der Waals surface area contributed by atoms with Crippen molar-refractivity contribution in [2.24, 2.45) is 0 Å². The van der Waals surface area contributed by atoms with E-state index < -0.39 is 41.3 Å². The lowest BCUT2D eigenvalue weighted by molar-refractivity contribution is -0.136. The highest BCUT2D eigenvalue weighted by molar-refractivity contribution is 6.25. The number of fused-ring (bicyclic) bond motifs is 2. The molecule has 0 saturated carbocycles. The molecule has 3 saturated heterocycles. The molecule has 20 heteroatoms. The van der Waals surface area contributed by atoms with Gasteiger partial charge in [0, 0.05) is 93.5 Å². The third-order valence-electron chi connectivity index (χ3n) is 12.7. The number of imide groups is 2. The lowest BCUT2D eigenvalue weighted by atomic mass is 10.0. The van der Waals surface area contributed by atoms with E-state index in [9.17, 15) is 37.5 Å². The van der Waals surface area contributed by atoms with Crippen LogP contribution in [0.15, 0.2) is 72.8 Å². The topological polar surface area (TPSA) is 219 Å². The minimum atomic E-state index is -1.05. The van der Waals surface area contributed by atoms with Crippen LogP contribution in [0.1, 0.15) is 67.9 Å². The van der Waals surface area contributed by atoms with Crippen LogP contribution in [0, 0.1) is 11.6 Å². The Hall–Kier alpha value is -7.29. The van der Waals surface area contributed by atoms with Crippen LogP contribution in [0.5, 0.6) is 0 Å². The molecular formula is C49H52F2N10O8. The van der Waals surface area contributed by atoms with Crippen molar-refractivity contribution < 1.29 is 47.0 Å². The number of hydrogen-bond donors (Lipinski definition) is 6. The van der Waals surface area contributed by atoms with Gasteiger partial charge >= 0.3 is 0 Å². The smallest absolute Gasteiger partial charge is 0.264 e. The van der Waals surface area contributed by atoms with Gasteiger partial charge in [-0.1, -0.05) is 12.1 Å². The fourth-order valence-corrected chi connectivity index (χ4v) is 9.21. The molecule has 0 bridgehead atoms. The van der Waals surface area contributed by atoms with Gasteiger partial charge in [-0.3, -0.25) is 49.0 Å². The van der Waals surface area contributed by atoms with Crippen LogP contribution in [0.2, 0.25) is 0 Å². The van der Waals surface area contributed by atoms with E-state index in [1.165, 1.54) is 18.2 Å². The van der Waals surface area contributed by atoms with Crippen LogP contribution >= 0.6 is 0 Å². The highest BCUT2D eigenvalue weighted by Gasteiger charge is 2.45. The van der Waals surface area contributed by atoms with Gasteiger partial charge in [-0.05, 0) is 91.4 Å². The number of hydrogen-bond acceptors (Lipinski definition) is 13. The largest absolute Gasteiger partial charge is 0.382 e. The summed E-state index contributed by atoms with van der Waals surface area (Å²) < 4.78 is 39.1. The van der Waals surface area contributed by atoms with Crippen LogP contribution in [-0.2, 0) is 30.3 Å². The number of H-pyrrole nitrogens is 1. The molecule has 5 aromatic rings. The van der Waals surface area contributed by atoms with E-state index in [0.717, 1.165) is 35.1 Å². The maximum absolute atomic E-state index is 14.0. The van der Waals surface area contributed by atoms with E-state index in [0.29, 0.717) is 91.7 Å². The van der Waals surface area contributed by atoms with Crippen LogP contribution < -0.4 is 31.5 Å². The van der Waals surface area contributed by atoms with Gasteiger partial charge in [0.2, 0.25) is 17.7 Å². The number of amides is 6. The first-order valence-corrected chi connectivity index (χ1v) is 23.1. The van der Waals surface area contributed by atoms with Crippen molar-refractivity contribution in [2.45, 2.75) is 44.2 Å². The number of nitrogens with one attached hydrogen (secondary N) is 6. The second-order valence-corrected chi connectivity index (χ2v) is 17.4. The molecule has 18 nitrogen and oxygen atoms in total. The van der Waals surface area contributed by atoms with Gasteiger partial charge in [0.05, 0.1) is 42.0 Å². The fraction of sp³-hybridized carbons (Fsp3) is 0.367. The van der Waals surface area contributed by atoms with E-state index in [2.05, 4.69) is 46.6 Å². The van der Waals surface area contributed by atoms with Crippen LogP contribution in [0.4, 0.5) is 31.7 Å². The van der Waals surface area contributed by atoms with Gasteiger partial charge in [-0.25, -0.2) is 8.78 Å². The summed E-state index contributed by atoms with van der Waals surface area (Å²) in [5.41, 5.74) is 4.82. The zero-order chi connectivity index (χ0) is 48.0. The van der Waals surface area contributed by atoms with Crippen molar-refractivity contribution in [3.8, 4) is 0 Å². The molecule has 3 fully saturated rings. The number of anilines is 4. The van der Waals surface area contributed by atoms with E-state index in [1.807, 2.05) is 30.3 Å². The molecule has 4 aliphatic rings. The first-order valence-electron chi connectivity index (χ1n) is 23.1. The van der Waals surface area contributed by atoms with Gasteiger partial charge in [0.15, 0.2) is 5.82 Å². The molecule has 4 aromatic carbocycles. The van der Waals surface area contributed by atoms with E-state index in [4.69, 9.17) is 9.47 Å². The molecule has 5 heterocycles. The SMILES string of the molecule is O=C(CN1CCN(c2ccc(C(=O)Nc3n[nH]c4ccc(Cc5cc(F)cc(F)c5)cc34)c(NC3CCOCC3)c2)CC1)NCCOCCNc1cccc2c1C(=O)N(C1CCC(=O)NC1=O)C2=O. The Bertz CT molecular complexity index is 2770. The Morgan fingerprint density at radius 3 is 2.39 bits per heavy atom. The lowest BCUT2D eigenvalue weighted by Crippen LogP contribution is -2.54. The summed E-state index contributed by atoms with van der Waals surface area (Å²) in [5, 5.41) is 22.8. The normalized spacial score (nSPS) is 17.8. The van der Waals surface area contributed by atoms with Crippen LogP contribution in [0.3, 0.4) is 0 Å². The van der Waals surface area contributed by atoms with Gasteiger partial charge in [0.25, 0.3) is 17.7 Å². The molecule has 0 aliphatic carbocycles. The number of nitrogens with zero attached hydrogens (tertiary/aromatic N) is 4. The average Bonchev–Trinajstić information content (AvgIpc) is 3.84. The number of carbonyl (C=O) groups is 6. The number of carbonyl (C=O) groups excluding carboxylic acids is 6. The molecule has 9 rings (SSSR count). The predicted octanol–water partition coefficient (Wildman–Crippen LogP) is 4.04. The van der Waals surface area contributed by atoms with Crippen molar-refractivity contribution in [1.29, 1.82) is 0 Å². The molecule has 69 heavy (non-hydrogen) atoms. The molecule has 1 unspecified atom stereocenters. The van der Waals surface area contributed by atoms with E-state index in [-0.39, 0.29) is 68.0 Å². The number of ether oxygens (including phenoxy) is 2. The highest BCUT2D eigenvalue weighted by atomic mass is 19.1. The number of piperidine rings is 1. The second-order valence-electron chi connectivity index (χ2n) is 17.4. The van der Waals surface area contributed by atoms with Crippen molar-refractivity contribution in [2.75, 3.05) is 93.1 Å². The number of aromatic nitrogens is 2. The summed E-state index contributed by atoms with van der Waals surface area (Å²) in [4.78, 5) is 82.6. The van der Waals surface area contributed by atoms with Gasteiger partial charge < -0.3 is 35.6 Å². The summed E-state index contributed by atoms with van der Waals surface area (Å²) in [7, 11) is 0. The fourth-order valence-electron chi connectivity index (χ4n) is 9.21. The summed E-state index contributed by atoms with van der Waals surface area (Å²) in [6, 6.07) is 18.6. The minimum Gasteiger partial charge on any atom is -0.382 e. The predicted molar refractivity (Wildman–Crippen MR) is 251 cm³/mol. The molecule has 0 radical (unpaired) electrons. The molecule has 0 spiro atoms. The van der Waals surface area contributed by atoms with Crippen molar-refractivity contribution >= 4 is 69.2 Å². The molecule has 1 atom stereocenters. The molecule has 6 N–H and O–H groups in total. The number of piperazine rings is 1. The van der Waals surface area contributed by atoms with E-state index in [1.54, 1.807) is 18.2 Å². The maximum atomic E-state index is 14.0. The first kappa shape index (κ1) is 46.8. The number of rotatable bonds is 17. The summed E-state index contributed by atoms with van der Waals surface area (Å²) in [6.45, 7) is 5.19. The Morgan fingerprint density at radius 2 is 1.61 bits per heavy atom. The van der Waals surface area contributed by atoms with Crippen molar-refractivity contribution in [3.05, 3.63) is 112 Å². The summed E-state index contributed by atoms with van der Waals surface area (Å²) in [6.07, 6.45) is 1.97. The quantitative estimate of drug-likeness (QED) is 0.0574. The number of aromatic amines is 1. The first-order chi connectivity index (χ1) is 33.5. The Balaban J connectivity index is 0.736. The van der Waals surface area contributed by atoms with E-state index >= 15 is 0 Å². The Kier molecular flexibility index (Phi) is 14.2. The summed E-state index contributed by atoms with van der Waals surface area (Å²) in [5.74, 6) is -3.73. The Labute approximate surface area is 395 Å². The van der Waals surface area contributed by atoms with Crippen LogP contribution in [-0.4, -0.2) is 140 Å². The highest BCUT2D eigenvalue weighted by Crippen LogP contribution is 2.33. The number of benzene rings is 4. The lowest BCUT2D eigenvalue weighted by Gasteiger charge is -2.36. The van der Waals surface area contributed by atoms with Gasteiger partial charge in [-0.2, -0.15) is 5.10 Å². The van der Waals surface area contributed by atoms with Crippen molar-refractivity contribution in [1.82, 2.24) is 30.6 Å². The third-order valence-corrected chi connectivity index (χ3v) is 12.7. The standard InChI is InChI=1S/C49H52F2N10O8/c50-31-23-30(24-32(51)26-31)22-29-4-7-38-37(25-29)45(58-57-38)56-46(64)35-6-5-34(27-40(35)54-33-10-18-68-19-11-33)60-16-14-59(15-17-60)28-43(63)53-13-21-69-20-12-52-39-3-1-2-36-44(39)49(67)61(48(36)66)41-8-9-42(62)55-47(41)65/h1-7,23-27,33,41,52,54H,8-22,28H2,(H,53,63)(H,55,62,65)(H2,56,57,58,64). The molecule has 6 amide bonds. The molecular weight excluding hydrogens is 895 g/mol. The molecule has 360 valence electrons. The zero-order valence-corrected chi connectivity index (χ0v) is 37.7. The minimum absolute atomic E-state index is 0.0372. The third kappa shape index (κ3) is 10.9. The maximum Gasteiger partial charge on any atom is 0.264 e. The van der Waals surface area contributed by atoms with Gasteiger partial charge in [0.1, 0.15) is 17.7 Å². The van der Waals surface area contributed by atoms with Crippen molar-refractivity contribution in [3.63, 3.8) is 0 Å². The molecule has 4 aliphatic heterocycles. The second kappa shape index (κ2) is 20.9. The monoisotopic (exact) mass is 946 g/mol. The Morgan fingerprint density at radius 1 is 0.826 bits per heavy atom. The summed E-state index contributed by atoms with van der Waals surface area (Å²) >= 11 is 0.